The van der Waals surface area contributed by atoms with Gasteiger partial charge in [0.1, 0.15) is 0 Å². The number of hydrogen-bond donors (Lipinski definition) is 0. The van der Waals surface area contributed by atoms with Crippen LogP contribution >= 0.6 is 11.8 Å². The Labute approximate surface area is 95.0 Å². The molecule has 2 aliphatic heterocycles. The largest absolute Gasteiger partial charge is 0.348 e. The van der Waals surface area contributed by atoms with Crippen LogP contribution in [0.25, 0.3) is 0 Å². The summed E-state index contributed by atoms with van der Waals surface area (Å²) in [6.07, 6.45) is 0. The summed E-state index contributed by atoms with van der Waals surface area (Å²) in [6, 6.07) is -1.53. The zero-order valence-corrected chi connectivity index (χ0v) is 8.32. The van der Waals surface area contributed by atoms with Gasteiger partial charge in [-0.1, -0.05) is 42.0 Å². The summed E-state index contributed by atoms with van der Waals surface area (Å²) < 4.78 is 38.8. The minimum Gasteiger partial charge on any atom is -0.348 e. The number of amidine groups is 1. The molecule has 0 saturated carbocycles. The number of hydrogen-bond acceptors (Lipinski definition) is 3. The highest BCUT2D eigenvalue weighted by molar-refractivity contribution is 8.14. The van der Waals surface area contributed by atoms with E-state index in [9.17, 15) is 0 Å². The maximum atomic E-state index is 7.94. The first-order valence-corrected chi connectivity index (χ1v) is 5.51. The summed E-state index contributed by atoms with van der Waals surface area (Å²) in [5, 5.41) is 0.928. The molecule has 3 rings (SSSR count). The van der Waals surface area contributed by atoms with Crippen molar-refractivity contribution in [2.24, 2.45) is 4.99 Å². The van der Waals surface area contributed by atoms with Crippen LogP contribution in [0.5, 0.6) is 0 Å². The van der Waals surface area contributed by atoms with E-state index in [0.717, 1.165) is 17.5 Å². The van der Waals surface area contributed by atoms with E-state index in [-0.39, 0.29) is 36.3 Å². The lowest BCUT2D eigenvalue weighted by molar-refractivity contribution is 0.464. The Morgan fingerprint density at radius 2 is 2.29 bits per heavy atom. The van der Waals surface area contributed by atoms with Crippen LogP contribution in [0, 0.1) is 0 Å². The lowest BCUT2D eigenvalue weighted by Crippen LogP contribution is -2.21. The maximum Gasteiger partial charge on any atom is 0.160 e. The molecule has 0 bridgehead atoms. The average Bonchev–Trinajstić information content (AvgIpc) is 2.95. The smallest absolute Gasteiger partial charge is 0.160 e. The molecule has 3 heteroatoms. The molecule has 14 heavy (non-hydrogen) atoms. The van der Waals surface area contributed by atoms with E-state index in [4.69, 9.17) is 6.85 Å². The fourth-order valence-electron chi connectivity index (χ4n) is 1.69. The van der Waals surface area contributed by atoms with Crippen molar-refractivity contribution < 1.29 is 6.85 Å². The summed E-state index contributed by atoms with van der Waals surface area (Å²) >= 11 is 1.66. The van der Waals surface area contributed by atoms with Crippen molar-refractivity contribution in [1.29, 1.82) is 0 Å². The number of nitrogens with zero attached hydrogens (tertiary/aromatic N) is 2. The average molecular weight is 209 g/mol. The summed E-state index contributed by atoms with van der Waals surface area (Å²) in [7, 11) is 0. The standard InChI is InChI=1S/C11H12N2S/c1-2-4-9(5-3-1)10-8-13-6-7-14-11(13)12-10/h1-5,10H,6-8H2/i1D,2D,3D,4D,5D. The van der Waals surface area contributed by atoms with Gasteiger partial charge in [0.05, 0.1) is 12.9 Å². The number of fused-ring (bicyclic) bond motifs is 1. The van der Waals surface area contributed by atoms with Crippen molar-refractivity contribution in [3.05, 3.63) is 35.8 Å². The molecule has 0 amide bonds. The first kappa shape index (κ1) is 4.71. The van der Waals surface area contributed by atoms with Gasteiger partial charge in [-0.15, -0.1) is 0 Å². The predicted molar refractivity (Wildman–Crippen MR) is 60.6 cm³/mol. The van der Waals surface area contributed by atoms with Gasteiger partial charge in [-0.25, -0.2) is 0 Å². The molecule has 72 valence electrons. The highest BCUT2D eigenvalue weighted by Gasteiger charge is 2.29. The lowest BCUT2D eigenvalue weighted by Gasteiger charge is -2.12. The normalized spacial score (nSPS) is 30.0. The van der Waals surface area contributed by atoms with E-state index in [2.05, 4.69) is 9.89 Å². The van der Waals surface area contributed by atoms with Crippen molar-refractivity contribution in [3.8, 4) is 0 Å². The topological polar surface area (TPSA) is 15.6 Å². The van der Waals surface area contributed by atoms with Crippen LogP contribution in [0.15, 0.2) is 35.2 Å². The van der Waals surface area contributed by atoms with Gasteiger partial charge in [-0.05, 0) is 5.56 Å². The minimum atomic E-state index is -0.350. The number of aliphatic imine (C=N–C) groups is 1. The molecule has 2 aliphatic rings. The van der Waals surface area contributed by atoms with Crippen LogP contribution in [0.3, 0.4) is 0 Å². The third-order valence-electron chi connectivity index (χ3n) is 2.38. The Kier molecular flexibility index (Phi) is 1.11. The second kappa shape index (κ2) is 3.31. The number of benzene rings is 1. The number of rotatable bonds is 1. The second-order valence-electron chi connectivity index (χ2n) is 3.26. The molecular formula is C11H12N2S. The summed E-state index contributed by atoms with van der Waals surface area (Å²) in [5.74, 6) is 1.01. The van der Waals surface area contributed by atoms with E-state index in [0.29, 0.717) is 12.1 Å². The van der Waals surface area contributed by atoms with E-state index in [1.54, 1.807) is 11.8 Å². The van der Waals surface area contributed by atoms with Crippen LogP contribution in [0.1, 0.15) is 18.5 Å². The van der Waals surface area contributed by atoms with Crippen LogP contribution in [0.2, 0.25) is 0 Å². The van der Waals surface area contributed by atoms with Crippen molar-refractivity contribution >= 4 is 16.9 Å². The van der Waals surface area contributed by atoms with Gasteiger partial charge in [0, 0.05) is 18.8 Å². The first-order chi connectivity index (χ1) is 9.00. The molecule has 2 nitrogen and oxygen atoms in total. The Bertz CT molecular complexity index is 560. The van der Waals surface area contributed by atoms with E-state index < -0.39 is 0 Å². The highest BCUT2D eigenvalue weighted by Crippen LogP contribution is 2.31. The molecule has 1 fully saturated rings. The molecule has 0 aromatic heterocycles. The molecule has 2 heterocycles. The minimum absolute atomic E-state index is 0.133. The zero-order chi connectivity index (χ0) is 13.7. The van der Waals surface area contributed by atoms with Crippen LogP contribution < -0.4 is 0 Å². The Hall–Kier alpha value is -0.960. The predicted octanol–water partition coefficient (Wildman–Crippen LogP) is 2.15. The van der Waals surface area contributed by atoms with E-state index in [1.165, 1.54) is 0 Å². The van der Waals surface area contributed by atoms with Crippen molar-refractivity contribution in [3.63, 3.8) is 0 Å². The summed E-state index contributed by atoms with van der Waals surface area (Å²) in [6.45, 7) is 1.52. The van der Waals surface area contributed by atoms with Crippen molar-refractivity contribution in [1.82, 2.24) is 4.90 Å². The fraction of sp³-hybridized carbons (Fsp3) is 0.364. The Morgan fingerprint density at radius 3 is 3.07 bits per heavy atom. The molecule has 0 N–H and O–H groups in total. The fourth-order valence-corrected chi connectivity index (χ4v) is 2.73. The van der Waals surface area contributed by atoms with Gasteiger partial charge in [-0.2, -0.15) is 0 Å². The molecule has 0 aliphatic carbocycles. The van der Waals surface area contributed by atoms with E-state index >= 15 is 0 Å². The molecule has 0 spiro atoms. The van der Waals surface area contributed by atoms with Crippen LogP contribution in [-0.2, 0) is 0 Å². The van der Waals surface area contributed by atoms with Gasteiger partial charge in [0.2, 0.25) is 0 Å². The molecule has 1 aromatic carbocycles. The van der Waals surface area contributed by atoms with Crippen molar-refractivity contribution in [2.45, 2.75) is 6.04 Å². The van der Waals surface area contributed by atoms with E-state index in [1.807, 2.05) is 0 Å². The molecular weight excluding hydrogens is 192 g/mol. The van der Waals surface area contributed by atoms with Crippen molar-refractivity contribution in [2.75, 3.05) is 18.8 Å². The Morgan fingerprint density at radius 1 is 1.43 bits per heavy atom. The third-order valence-corrected chi connectivity index (χ3v) is 3.38. The molecule has 1 aromatic rings. The van der Waals surface area contributed by atoms with Crippen LogP contribution in [-0.4, -0.2) is 28.9 Å². The highest BCUT2D eigenvalue weighted by atomic mass is 32.2. The number of thioether (sulfide) groups is 1. The quantitative estimate of drug-likeness (QED) is 0.704. The summed E-state index contributed by atoms with van der Waals surface area (Å²) in [4.78, 5) is 6.60. The lowest BCUT2D eigenvalue weighted by atomic mass is 10.1. The maximum absolute atomic E-state index is 7.94. The zero-order valence-electron chi connectivity index (χ0n) is 12.5. The van der Waals surface area contributed by atoms with Gasteiger partial charge in [0.25, 0.3) is 0 Å². The van der Waals surface area contributed by atoms with Gasteiger partial charge in [-0.3, -0.25) is 4.99 Å². The molecule has 1 unspecified atom stereocenters. The van der Waals surface area contributed by atoms with Gasteiger partial charge in [0.15, 0.2) is 5.17 Å². The molecule has 1 atom stereocenters. The van der Waals surface area contributed by atoms with Crippen LogP contribution in [0.4, 0.5) is 0 Å². The Balaban J connectivity index is 2.09. The monoisotopic (exact) mass is 209 g/mol. The molecule has 0 radical (unpaired) electrons. The summed E-state index contributed by atoms with van der Waals surface area (Å²) in [5.41, 5.74) is 0.313. The van der Waals surface area contributed by atoms with Gasteiger partial charge >= 0.3 is 0 Å². The third kappa shape index (κ3) is 1.32. The SMILES string of the molecule is [2H]c1c([2H])c([2H])c(C2CN3CCSC3=N2)c([2H])c1[2H]. The molecule has 1 saturated heterocycles. The first-order valence-electron chi connectivity index (χ1n) is 7.03. The van der Waals surface area contributed by atoms with Gasteiger partial charge < -0.3 is 4.90 Å². The second-order valence-corrected chi connectivity index (χ2v) is 4.32.